The van der Waals surface area contributed by atoms with Crippen LogP contribution in [0.25, 0.3) is 21.9 Å². The van der Waals surface area contributed by atoms with Crippen LogP contribution < -0.4 is 5.73 Å². The van der Waals surface area contributed by atoms with E-state index >= 15 is 0 Å². The van der Waals surface area contributed by atoms with Gasteiger partial charge in [-0.25, -0.2) is 4.98 Å². The van der Waals surface area contributed by atoms with E-state index in [9.17, 15) is 0 Å². The molecule has 0 saturated carbocycles. The Morgan fingerprint density at radius 3 is 2.76 bits per heavy atom. The quantitative estimate of drug-likeness (QED) is 0.558. The van der Waals surface area contributed by atoms with Crippen molar-refractivity contribution in [2.75, 3.05) is 5.73 Å². The van der Waals surface area contributed by atoms with E-state index in [1.165, 1.54) is 16.3 Å². The highest BCUT2D eigenvalue weighted by molar-refractivity contribution is 5.86. The number of nitrogen functional groups attached to an aromatic ring is 1. The van der Waals surface area contributed by atoms with Crippen molar-refractivity contribution in [2.24, 2.45) is 0 Å². The number of oxazole rings is 1. The molecule has 0 spiro atoms. The van der Waals surface area contributed by atoms with Gasteiger partial charge in [-0.3, -0.25) is 0 Å². The van der Waals surface area contributed by atoms with Crippen molar-refractivity contribution in [3.63, 3.8) is 0 Å². The highest BCUT2D eigenvalue weighted by Gasteiger charge is 2.08. The van der Waals surface area contributed by atoms with Crippen LogP contribution >= 0.6 is 0 Å². The second-order valence-electron chi connectivity index (χ2n) is 5.15. The van der Waals surface area contributed by atoms with Crippen molar-refractivity contribution in [3.05, 3.63) is 72.1 Å². The minimum atomic E-state index is 0.677. The fourth-order valence-electron chi connectivity index (χ4n) is 2.68. The zero-order valence-corrected chi connectivity index (χ0v) is 11.4. The van der Waals surface area contributed by atoms with Gasteiger partial charge in [0.2, 0.25) is 0 Å². The summed E-state index contributed by atoms with van der Waals surface area (Å²) in [5.74, 6) is 0.715. The zero-order valence-electron chi connectivity index (χ0n) is 11.4. The first-order chi connectivity index (χ1) is 10.3. The van der Waals surface area contributed by atoms with E-state index < -0.39 is 0 Å². The molecule has 0 bridgehead atoms. The van der Waals surface area contributed by atoms with Gasteiger partial charge < -0.3 is 10.2 Å². The average molecular weight is 274 g/mol. The Morgan fingerprint density at radius 1 is 0.952 bits per heavy atom. The Labute approximate surface area is 122 Å². The molecule has 0 aliphatic heterocycles. The standard InChI is InChI=1S/C18H14N2O/c19-14-8-9-17-16(11-14)20-18(21-17)10-13-6-3-5-12-4-1-2-7-15(12)13/h1-9,11H,10,19H2. The van der Waals surface area contributed by atoms with Gasteiger partial charge in [0.1, 0.15) is 5.52 Å². The van der Waals surface area contributed by atoms with Crippen LogP contribution in [0, 0.1) is 0 Å². The number of anilines is 1. The predicted molar refractivity (Wildman–Crippen MR) is 85.2 cm³/mol. The molecular formula is C18H14N2O. The van der Waals surface area contributed by atoms with Gasteiger partial charge in [-0.1, -0.05) is 42.5 Å². The number of nitrogens with zero attached hydrogens (tertiary/aromatic N) is 1. The minimum absolute atomic E-state index is 0.677. The smallest absolute Gasteiger partial charge is 0.199 e. The Kier molecular flexibility index (Phi) is 2.64. The molecule has 0 saturated heterocycles. The molecule has 21 heavy (non-hydrogen) atoms. The molecule has 3 nitrogen and oxygen atoms in total. The highest BCUT2D eigenvalue weighted by Crippen LogP contribution is 2.24. The van der Waals surface area contributed by atoms with Gasteiger partial charge in [-0.15, -0.1) is 0 Å². The van der Waals surface area contributed by atoms with Crippen LogP contribution in [0.1, 0.15) is 11.5 Å². The molecule has 4 aromatic rings. The van der Waals surface area contributed by atoms with Crippen molar-refractivity contribution >= 4 is 27.6 Å². The van der Waals surface area contributed by atoms with Crippen LogP contribution in [0.3, 0.4) is 0 Å². The molecule has 102 valence electrons. The maximum atomic E-state index is 5.81. The topological polar surface area (TPSA) is 52.0 Å². The van der Waals surface area contributed by atoms with Crippen molar-refractivity contribution in [1.29, 1.82) is 0 Å². The van der Waals surface area contributed by atoms with Gasteiger partial charge in [0, 0.05) is 5.69 Å². The monoisotopic (exact) mass is 274 g/mol. The predicted octanol–water partition coefficient (Wildman–Crippen LogP) is 4.15. The number of benzene rings is 3. The summed E-state index contributed by atoms with van der Waals surface area (Å²) in [6.45, 7) is 0. The summed E-state index contributed by atoms with van der Waals surface area (Å²) in [4.78, 5) is 4.53. The molecule has 2 N–H and O–H groups in total. The molecule has 0 fully saturated rings. The van der Waals surface area contributed by atoms with Gasteiger partial charge >= 0.3 is 0 Å². The molecule has 0 aliphatic carbocycles. The van der Waals surface area contributed by atoms with Crippen molar-refractivity contribution in [1.82, 2.24) is 4.98 Å². The third kappa shape index (κ3) is 2.13. The van der Waals surface area contributed by atoms with E-state index in [1.807, 2.05) is 24.3 Å². The van der Waals surface area contributed by atoms with E-state index in [0.29, 0.717) is 18.0 Å². The van der Waals surface area contributed by atoms with E-state index in [-0.39, 0.29) is 0 Å². The first-order valence-corrected chi connectivity index (χ1v) is 6.91. The Morgan fingerprint density at radius 2 is 1.81 bits per heavy atom. The number of aromatic nitrogens is 1. The zero-order chi connectivity index (χ0) is 14.2. The third-order valence-corrected chi connectivity index (χ3v) is 3.68. The SMILES string of the molecule is Nc1ccc2oc(Cc3cccc4ccccc34)nc2c1. The van der Waals surface area contributed by atoms with E-state index in [2.05, 4.69) is 41.4 Å². The minimum Gasteiger partial charge on any atom is -0.440 e. The lowest BCUT2D eigenvalue weighted by molar-refractivity contribution is 0.544. The molecule has 0 aliphatic rings. The molecule has 4 rings (SSSR count). The van der Waals surface area contributed by atoms with E-state index in [1.54, 1.807) is 0 Å². The fourth-order valence-corrected chi connectivity index (χ4v) is 2.68. The molecule has 1 heterocycles. The summed E-state index contributed by atoms with van der Waals surface area (Å²) < 4.78 is 5.81. The molecule has 3 aromatic carbocycles. The molecule has 3 heteroatoms. The van der Waals surface area contributed by atoms with Gasteiger partial charge in [0.15, 0.2) is 11.5 Å². The van der Waals surface area contributed by atoms with Crippen LogP contribution in [-0.2, 0) is 6.42 Å². The molecule has 1 aromatic heterocycles. The largest absolute Gasteiger partial charge is 0.440 e. The Hall–Kier alpha value is -2.81. The van der Waals surface area contributed by atoms with E-state index in [4.69, 9.17) is 10.2 Å². The average Bonchev–Trinajstić information content (AvgIpc) is 2.89. The normalized spacial score (nSPS) is 11.2. The fraction of sp³-hybridized carbons (Fsp3) is 0.0556. The highest BCUT2D eigenvalue weighted by atomic mass is 16.3. The van der Waals surface area contributed by atoms with Gasteiger partial charge in [0.05, 0.1) is 6.42 Å². The summed E-state index contributed by atoms with van der Waals surface area (Å²) in [6, 6.07) is 20.2. The molecular weight excluding hydrogens is 260 g/mol. The number of nitrogens with two attached hydrogens (primary N) is 1. The van der Waals surface area contributed by atoms with E-state index in [0.717, 1.165) is 11.1 Å². The number of fused-ring (bicyclic) bond motifs is 2. The Balaban J connectivity index is 1.79. The summed E-state index contributed by atoms with van der Waals surface area (Å²) in [7, 11) is 0. The maximum absolute atomic E-state index is 5.81. The summed E-state index contributed by atoms with van der Waals surface area (Å²) >= 11 is 0. The van der Waals surface area contributed by atoms with Crippen LogP contribution in [-0.4, -0.2) is 4.98 Å². The number of hydrogen-bond donors (Lipinski definition) is 1. The Bertz CT molecular complexity index is 935. The van der Waals surface area contributed by atoms with Crippen molar-refractivity contribution in [2.45, 2.75) is 6.42 Å². The second-order valence-corrected chi connectivity index (χ2v) is 5.15. The summed E-state index contributed by atoms with van der Waals surface area (Å²) in [5.41, 5.74) is 9.28. The molecule has 0 radical (unpaired) electrons. The molecule has 0 amide bonds. The van der Waals surface area contributed by atoms with Gasteiger partial charge in [0.25, 0.3) is 0 Å². The second kappa shape index (κ2) is 4.63. The lowest BCUT2D eigenvalue weighted by Crippen LogP contribution is -1.89. The van der Waals surface area contributed by atoms with Gasteiger partial charge in [-0.05, 0) is 34.5 Å². The molecule has 0 atom stereocenters. The van der Waals surface area contributed by atoms with Gasteiger partial charge in [-0.2, -0.15) is 0 Å². The summed E-state index contributed by atoms with van der Waals surface area (Å²) in [5, 5.41) is 2.47. The van der Waals surface area contributed by atoms with Crippen LogP contribution in [0.5, 0.6) is 0 Å². The molecule has 0 unspecified atom stereocenters. The first-order valence-electron chi connectivity index (χ1n) is 6.91. The van der Waals surface area contributed by atoms with Crippen LogP contribution in [0.15, 0.2) is 65.1 Å². The first kappa shape index (κ1) is 12.0. The summed E-state index contributed by atoms with van der Waals surface area (Å²) in [6.07, 6.45) is 0.677. The third-order valence-electron chi connectivity index (χ3n) is 3.68. The lowest BCUT2D eigenvalue weighted by Gasteiger charge is -2.03. The lowest BCUT2D eigenvalue weighted by atomic mass is 10.0. The maximum Gasteiger partial charge on any atom is 0.199 e. The van der Waals surface area contributed by atoms with Crippen molar-refractivity contribution < 1.29 is 4.42 Å². The number of hydrogen-bond acceptors (Lipinski definition) is 3. The van der Waals surface area contributed by atoms with Crippen molar-refractivity contribution in [3.8, 4) is 0 Å². The van der Waals surface area contributed by atoms with Crippen LogP contribution in [0.2, 0.25) is 0 Å². The van der Waals surface area contributed by atoms with Crippen LogP contribution in [0.4, 0.5) is 5.69 Å². The number of rotatable bonds is 2.